The highest BCUT2D eigenvalue weighted by Gasteiger charge is 2.32. The number of nitrogens with zero attached hydrogens (tertiary/aromatic N) is 4. The van der Waals surface area contributed by atoms with Crippen LogP contribution in [0.4, 0.5) is 0 Å². The summed E-state index contributed by atoms with van der Waals surface area (Å²) in [7, 11) is 0. The van der Waals surface area contributed by atoms with Gasteiger partial charge in [-0.15, -0.1) is 0 Å². The number of rotatable bonds is 5. The Bertz CT molecular complexity index is 775. The van der Waals surface area contributed by atoms with Gasteiger partial charge in [0, 0.05) is 37.4 Å². The smallest absolute Gasteiger partial charge is 0.276 e. The van der Waals surface area contributed by atoms with Gasteiger partial charge < -0.3 is 13.9 Å². The van der Waals surface area contributed by atoms with Gasteiger partial charge in [-0.05, 0) is 44.4 Å². The number of amides is 1. The zero-order chi connectivity index (χ0) is 16.8. The minimum atomic E-state index is -0.0236. The van der Waals surface area contributed by atoms with E-state index in [0.717, 1.165) is 50.2 Å². The van der Waals surface area contributed by atoms with Crippen LogP contribution in [-0.2, 0) is 6.42 Å². The van der Waals surface area contributed by atoms with Crippen LogP contribution in [0.15, 0.2) is 15.1 Å². The van der Waals surface area contributed by atoms with E-state index in [2.05, 4.69) is 15.3 Å². The average molecular weight is 342 g/mol. The van der Waals surface area contributed by atoms with E-state index < -0.39 is 0 Å². The lowest BCUT2D eigenvalue weighted by Gasteiger charge is -2.31. The molecule has 0 unspecified atom stereocenters. The van der Waals surface area contributed by atoms with E-state index in [1.54, 1.807) is 0 Å². The predicted octanol–water partition coefficient (Wildman–Crippen LogP) is 2.91. The molecule has 0 aromatic carbocycles. The van der Waals surface area contributed by atoms with Crippen molar-refractivity contribution in [1.82, 2.24) is 20.2 Å². The van der Waals surface area contributed by atoms with Gasteiger partial charge in [-0.3, -0.25) is 4.79 Å². The van der Waals surface area contributed by atoms with Crippen LogP contribution in [0.25, 0.3) is 0 Å². The van der Waals surface area contributed by atoms with Crippen LogP contribution in [0.3, 0.4) is 0 Å². The second-order valence-corrected chi connectivity index (χ2v) is 7.67. The molecule has 1 aliphatic heterocycles. The second-order valence-electron chi connectivity index (χ2n) is 7.67. The number of hydrogen-bond acceptors (Lipinski definition) is 6. The van der Waals surface area contributed by atoms with Crippen molar-refractivity contribution in [2.75, 3.05) is 13.1 Å². The Labute approximate surface area is 145 Å². The normalized spacial score (nSPS) is 23.8. The van der Waals surface area contributed by atoms with E-state index in [4.69, 9.17) is 9.05 Å². The van der Waals surface area contributed by atoms with Crippen LogP contribution < -0.4 is 0 Å². The first kappa shape index (κ1) is 15.1. The average Bonchev–Trinajstić information content (AvgIpc) is 3.57. The van der Waals surface area contributed by atoms with Crippen molar-refractivity contribution >= 4 is 5.91 Å². The Morgan fingerprint density at radius 1 is 1.12 bits per heavy atom. The molecule has 7 nitrogen and oxygen atoms in total. The first-order valence-corrected chi connectivity index (χ1v) is 9.34. The summed E-state index contributed by atoms with van der Waals surface area (Å²) in [5.74, 6) is 3.74. The molecule has 1 saturated heterocycles. The summed E-state index contributed by atoms with van der Waals surface area (Å²) in [5.41, 5.74) is 0.441. The van der Waals surface area contributed by atoms with E-state index in [9.17, 15) is 4.79 Å². The molecule has 0 spiro atoms. The fourth-order valence-corrected chi connectivity index (χ4v) is 3.63. The Kier molecular flexibility index (Phi) is 3.60. The van der Waals surface area contributed by atoms with Gasteiger partial charge in [0.2, 0.25) is 5.89 Å². The third kappa shape index (κ3) is 3.19. The van der Waals surface area contributed by atoms with Gasteiger partial charge in [0.1, 0.15) is 5.76 Å². The number of likely N-dealkylation sites (tertiary alicyclic amines) is 1. The molecule has 2 aromatic rings. The first-order chi connectivity index (χ1) is 12.3. The zero-order valence-corrected chi connectivity index (χ0v) is 14.2. The zero-order valence-electron chi connectivity index (χ0n) is 14.2. The lowest BCUT2D eigenvalue weighted by molar-refractivity contribution is 0.0657. The maximum atomic E-state index is 12.7. The van der Waals surface area contributed by atoms with E-state index in [-0.39, 0.29) is 5.91 Å². The van der Waals surface area contributed by atoms with Crippen LogP contribution in [0.2, 0.25) is 0 Å². The van der Waals surface area contributed by atoms with Gasteiger partial charge in [0.15, 0.2) is 11.5 Å². The molecule has 2 aromatic heterocycles. The van der Waals surface area contributed by atoms with E-state index in [1.807, 2.05) is 11.0 Å². The molecule has 0 bridgehead atoms. The summed E-state index contributed by atoms with van der Waals surface area (Å²) < 4.78 is 10.7. The third-order valence-corrected chi connectivity index (χ3v) is 5.42. The summed E-state index contributed by atoms with van der Waals surface area (Å²) in [6.07, 6.45) is 7.44. The van der Waals surface area contributed by atoms with Crippen molar-refractivity contribution in [3.05, 3.63) is 29.2 Å². The SMILES string of the molecule is O=C(c1cc(C2CC2)on1)N1CCC[C@@H](Cc2nc(C3CC3)no2)C1. The number of carbonyl (C=O) groups is 1. The molecule has 3 aliphatic rings. The van der Waals surface area contributed by atoms with E-state index in [1.165, 1.54) is 12.8 Å². The highest BCUT2D eigenvalue weighted by Crippen LogP contribution is 2.40. The van der Waals surface area contributed by atoms with Crippen molar-refractivity contribution in [2.24, 2.45) is 5.92 Å². The largest absolute Gasteiger partial charge is 0.360 e. The van der Waals surface area contributed by atoms with Crippen molar-refractivity contribution in [2.45, 2.75) is 56.8 Å². The van der Waals surface area contributed by atoms with Crippen LogP contribution in [0.1, 0.15) is 78.3 Å². The Hall–Kier alpha value is -2.18. The molecule has 7 heteroatoms. The van der Waals surface area contributed by atoms with Crippen LogP contribution in [0, 0.1) is 5.92 Å². The fourth-order valence-electron chi connectivity index (χ4n) is 3.63. The Balaban J connectivity index is 1.22. The molecule has 0 N–H and O–H groups in total. The molecule has 1 atom stereocenters. The summed E-state index contributed by atoms with van der Waals surface area (Å²) >= 11 is 0. The molecule has 0 radical (unpaired) electrons. The van der Waals surface area contributed by atoms with Gasteiger partial charge >= 0.3 is 0 Å². The standard InChI is InChI=1S/C18H22N4O3/c23-18(14-9-15(24-20-14)12-3-4-12)22-7-1-2-11(10-22)8-16-19-17(21-25-16)13-5-6-13/h9,11-13H,1-8,10H2/t11-/m0/s1. The highest BCUT2D eigenvalue weighted by atomic mass is 16.5. The topological polar surface area (TPSA) is 85.3 Å². The van der Waals surface area contributed by atoms with E-state index in [0.29, 0.717) is 35.9 Å². The van der Waals surface area contributed by atoms with Gasteiger partial charge in [0.05, 0.1) is 0 Å². The van der Waals surface area contributed by atoms with Crippen molar-refractivity contribution in [1.29, 1.82) is 0 Å². The van der Waals surface area contributed by atoms with Crippen LogP contribution in [-0.4, -0.2) is 39.2 Å². The van der Waals surface area contributed by atoms with Crippen LogP contribution >= 0.6 is 0 Å². The van der Waals surface area contributed by atoms with E-state index >= 15 is 0 Å². The monoisotopic (exact) mass is 342 g/mol. The van der Waals surface area contributed by atoms with Gasteiger partial charge in [-0.2, -0.15) is 4.98 Å². The molecular formula is C18H22N4O3. The molecule has 2 aliphatic carbocycles. The summed E-state index contributed by atoms with van der Waals surface area (Å²) in [6.45, 7) is 1.49. The fraction of sp³-hybridized carbons (Fsp3) is 0.667. The Morgan fingerprint density at radius 2 is 1.96 bits per heavy atom. The molecule has 2 saturated carbocycles. The lowest BCUT2D eigenvalue weighted by Crippen LogP contribution is -2.40. The molecule has 25 heavy (non-hydrogen) atoms. The molecule has 5 rings (SSSR count). The predicted molar refractivity (Wildman–Crippen MR) is 87.1 cm³/mol. The first-order valence-electron chi connectivity index (χ1n) is 9.34. The number of hydrogen-bond donors (Lipinski definition) is 0. The maximum absolute atomic E-state index is 12.7. The minimum absolute atomic E-state index is 0.0236. The molecule has 1 amide bonds. The maximum Gasteiger partial charge on any atom is 0.276 e. The lowest BCUT2D eigenvalue weighted by atomic mass is 9.94. The van der Waals surface area contributed by atoms with Crippen molar-refractivity contribution in [3.8, 4) is 0 Å². The second kappa shape index (κ2) is 5.97. The van der Waals surface area contributed by atoms with Crippen molar-refractivity contribution in [3.63, 3.8) is 0 Å². The molecular weight excluding hydrogens is 320 g/mol. The number of piperidine rings is 1. The summed E-state index contributed by atoms with van der Waals surface area (Å²) in [6, 6.07) is 1.82. The van der Waals surface area contributed by atoms with Gasteiger partial charge in [-0.1, -0.05) is 10.3 Å². The number of carbonyl (C=O) groups excluding carboxylic acids is 1. The Morgan fingerprint density at radius 3 is 2.76 bits per heavy atom. The molecule has 3 heterocycles. The highest BCUT2D eigenvalue weighted by molar-refractivity contribution is 5.92. The number of aromatic nitrogens is 3. The van der Waals surface area contributed by atoms with Gasteiger partial charge in [-0.25, -0.2) is 0 Å². The summed E-state index contributed by atoms with van der Waals surface area (Å²) in [4.78, 5) is 19.1. The minimum Gasteiger partial charge on any atom is -0.360 e. The van der Waals surface area contributed by atoms with Gasteiger partial charge in [0.25, 0.3) is 5.91 Å². The summed E-state index contributed by atoms with van der Waals surface area (Å²) in [5, 5.41) is 8.07. The van der Waals surface area contributed by atoms with Crippen molar-refractivity contribution < 1.29 is 13.8 Å². The third-order valence-electron chi connectivity index (χ3n) is 5.42. The quantitative estimate of drug-likeness (QED) is 0.830. The molecule has 3 fully saturated rings. The molecule has 132 valence electrons. The van der Waals surface area contributed by atoms with Crippen LogP contribution in [0.5, 0.6) is 0 Å².